The molecule has 11 heteroatoms. The number of rotatable bonds is 10. The van der Waals surface area contributed by atoms with Crippen molar-refractivity contribution in [1.82, 2.24) is 24.3 Å². The zero-order valence-corrected chi connectivity index (χ0v) is 19.0. The fraction of sp³-hybridized carbons (Fsp3) is 0.381. The van der Waals surface area contributed by atoms with Gasteiger partial charge in [-0.3, -0.25) is 23.7 Å². The van der Waals surface area contributed by atoms with Gasteiger partial charge in [0.15, 0.2) is 10.8 Å². The normalized spacial score (nSPS) is 10.9. The van der Waals surface area contributed by atoms with Gasteiger partial charge in [0.1, 0.15) is 12.1 Å². The van der Waals surface area contributed by atoms with E-state index in [0.717, 1.165) is 12.1 Å². The number of hydrogen-bond acceptors (Lipinski definition) is 7. The molecule has 0 aliphatic rings. The molecule has 2 aromatic heterocycles. The molecule has 1 aromatic carbocycles. The van der Waals surface area contributed by atoms with E-state index in [1.165, 1.54) is 21.2 Å². The van der Waals surface area contributed by atoms with Crippen LogP contribution in [0, 0.1) is 0 Å². The zero-order valence-electron chi connectivity index (χ0n) is 18.2. The molecule has 3 rings (SSSR count). The number of carbonyl (C=O) groups is 1. The number of carbonyl (C=O) groups excluding carboxylic acids is 1. The Morgan fingerprint density at radius 1 is 1.19 bits per heavy atom. The second kappa shape index (κ2) is 10.8. The van der Waals surface area contributed by atoms with Crippen LogP contribution < -0.4 is 21.9 Å². The van der Waals surface area contributed by atoms with E-state index in [9.17, 15) is 14.4 Å². The molecule has 0 saturated heterocycles. The Labute approximate surface area is 189 Å². The van der Waals surface area contributed by atoms with Crippen LogP contribution in [0.2, 0.25) is 0 Å². The van der Waals surface area contributed by atoms with E-state index in [0.29, 0.717) is 31.1 Å². The number of unbranched alkanes of at least 4 members (excludes halogenated alkanes) is 1. The molecule has 32 heavy (non-hydrogen) atoms. The number of H-pyrrole nitrogens is 1. The molecular weight excluding hydrogens is 430 g/mol. The first-order chi connectivity index (χ1) is 15.5. The first-order valence-electron chi connectivity index (χ1n) is 10.5. The van der Waals surface area contributed by atoms with Crippen LogP contribution in [-0.2, 0) is 11.3 Å². The number of aromatic nitrogens is 5. The van der Waals surface area contributed by atoms with Gasteiger partial charge in [0, 0.05) is 18.8 Å². The SMILES string of the molecule is CCCCN(C(=O)CSc1nncn1-c1ccccc1)c1c(N)n(CCC)c(=O)[nH]c1=O. The second-order valence-electron chi connectivity index (χ2n) is 7.15. The average molecular weight is 458 g/mol. The van der Waals surface area contributed by atoms with Crippen molar-refractivity contribution in [2.45, 2.75) is 44.8 Å². The maximum Gasteiger partial charge on any atom is 0.330 e. The molecule has 2 heterocycles. The molecule has 0 unspecified atom stereocenters. The molecule has 170 valence electrons. The lowest BCUT2D eigenvalue weighted by atomic mass is 10.2. The van der Waals surface area contributed by atoms with E-state index in [4.69, 9.17) is 5.73 Å². The zero-order chi connectivity index (χ0) is 23.1. The molecule has 0 spiro atoms. The summed E-state index contributed by atoms with van der Waals surface area (Å²) in [4.78, 5) is 41.7. The van der Waals surface area contributed by atoms with E-state index in [1.54, 1.807) is 10.9 Å². The van der Waals surface area contributed by atoms with Crippen LogP contribution in [0.5, 0.6) is 0 Å². The summed E-state index contributed by atoms with van der Waals surface area (Å²) in [5.74, 6) is -0.270. The highest BCUT2D eigenvalue weighted by Crippen LogP contribution is 2.23. The summed E-state index contributed by atoms with van der Waals surface area (Å²) >= 11 is 1.22. The van der Waals surface area contributed by atoms with Crippen molar-refractivity contribution in [3.05, 3.63) is 57.5 Å². The van der Waals surface area contributed by atoms with Crippen molar-refractivity contribution in [3.8, 4) is 5.69 Å². The van der Waals surface area contributed by atoms with E-state index in [-0.39, 0.29) is 23.2 Å². The van der Waals surface area contributed by atoms with Gasteiger partial charge < -0.3 is 10.6 Å². The molecule has 0 aliphatic carbocycles. The third-order valence-corrected chi connectivity index (χ3v) is 5.77. The van der Waals surface area contributed by atoms with Gasteiger partial charge in [-0.2, -0.15) is 0 Å². The Hall–Kier alpha value is -3.34. The number of nitrogens with two attached hydrogens (primary N) is 1. The molecule has 10 nitrogen and oxygen atoms in total. The van der Waals surface area contributed by atoms with E-state index in [1.807, 2.05) is 44.2 Å². The highest BCUT2D eigenvalue weighted by molar-refractivity contribution is 7.99. The molecule has 0 aliphatic heterocycles. The number of nitrogen functional groups attached to an aromatic ring is 1. The Balaban J connectivity index is 1.88. The summed E-state index contributed by atoms with van der Waals surface area (Å²) in [6.45, 7) is 4.56. The quantitative estimate of drug-likeness (QED) is 0.445. The van der Waals surface area contributed by atoms with Crippen LogP contribution in [0.15, 0.2) is 51.4 Å². The standard InChI is InChI=1S/C21H27N7O3S/c1-3-5-12-26(17-18(22)27(11-4-2)20(31)24-19(17)30)16(29)13-32-21-25-23-14-28(21)15-9-7-6-8-10-15/h6-10,14H,3-5,11-13,22H2,1-2H3,(H,24,30,31). The number of aromatic amines is 1. The van der Waals surface area contributed by atoms with E-state index < -0.39 is 11.2 Å². The Kier molecular flexibility index (Phi) is 7.87. The van der Waals surface area contributed by atoms with Gasteiger partial charge in [-0.05, 0) is 25.0 Å². The maximum absolute atomic E-state index is 13.2. The van der Waals surface area contributed by atoms with Crippen LogP contribution in [0.1, 0.15) is 33.1 Å². The Morgan fingerprint density at radius 2 is 1.94 bits per heavy atom. The fourth-order valence-electron chi connectivity index (χ4n) is 3.25. The van der Waals surface area contributed by atoms with Gasteiger partial charge in [-0.1, -0.05) is 50.2 Å². The van der Waals surface area contributed by atoms with Gasteiger partial charge in [0.25, 0.3) is 5.56 Å². The number of hydrogen-bond donors (Lipinski definition) is 2. The lowest BCUT2D eigenvalue weighted by Gasteiger charge is -2.24. The molecule has 1 amide bonds. The predicted octanol–water partition coefficient (Wildman–Crippen LogP) is 2.03. The number of nitrogens with zero attached hydrogens (tertiary/aromatic N) is 5. The van der Waals surface area contributed by atoms with Crippen molar-refractivity contribution in [2.24, 2.45) is 0 Å². The first-order valence-corrected chi connectivity index (χ1v) is 11.5. The highest BCUT2D eigenvalue weighted by Gasteiger charge is 2.24. The van der Waals surface area contributed by atoms with E-state index in [2.05, 4.69) is 15.2 Å². The van der Waals surface area contributed by atoms with Crippen LogP contribution >= 0.6 is 11.8 Å². The topological polar surface area (TPSA) is 132 Å². The number of thioether (sulfide) groups is 1. The minimum Gasteiger partial charge on any atom is -0.383 e. The fourth-order valence-corrected chi connectivity index (χ4v) is 4.06. The van der Waals surface area contributed by atoms with Crippen molar-refractivity contribution in [2.75, 3.05) is 22.9 Å². The molecule has 0 radical (unpaired) electrons. The largest absolute Gasteiger partial charge is 0.383 e. The molecular formula is C21H27N7O3S. The molecule has 3 N–H and O–H groups in total. The summed E-state index contributed by atoms with van der Waals surface area (Å²) < 4.78 is 3.08. The number of para-hydroxylation sites is 1. The van der Waals surface area contributed by atoms with Crippen molar-refractivity contribution >= 4 is 29.2 Å². The Morgan fingerprint density at radius 3 is 2.62 bits per heavy atom. The highest BCUT2D eigenvalue weighted by atomic mass is 32.2. The average Bonchev–Trinajstić information content (AvgIpc) is 3.26. The number of benzene rings is 1. The van der Waals surface area contributed by atoms with Crippen LogP contribution in [-0.4, -0.2) is 42.5 Å². The predicted molar refractivity (Wildman–Crippen MR) is 125 cm³/mol. The number of nitrogens with one attached hydrogen (secondary N) is 1. The summed E-state index contributed by atoms with van der Waals surface area (Å²) in [6.07, 6.45) is 3.75. The Bertz CT molecular complexity index is 1170. The molecule has 3 aromatic rings. The van der Waals surface area contributed by atoms with Gasteiger partial charge in [0.2, 0.25) is 5.91 Å². The number of amides is 1. The van der Waals surface area contributed by atoms with Gasteiger partial charge >= 0.3 is 5.69 Å². The van der Waals surface area contributed by atoms with Crippen LogP contribution in [0.4, 0.5) is 11.5 Å². The summed E-state index contributed by atoms with van der Waals surface area (Å²) in [5, 5.41) is 8.62. The van der Waals surface area contributed by atoms with Crippen molar-refractivity contribution in [1.29, 1.82) is 0 Å². The first kappa shape index (κ1) is 23.3. The monoisotopic (exact) mass is 457 g/mol. The third kappa shape index (κ3) is 5.10. The summed E-state index contributed by atoms with van der Waals surface area (Å²) in [5.41, 5.74) is 5.84. The summed E-state index contributed by atoms with van der Waals surface area (Å²) in [7, 11) is 0. The summed E-state index contributed by atoms with van der Waals surface area (Å²) in [6, 6.07) is 9.55. The molecule has 0 saturated carbocycles. The van der Waals surface area contributed by atoms with Gasteiger partial charge in [-0.15, -0.1) is 10.2 Å². The molecule has 0 bridgehead atoms. The lowest BCUT2D eigenvalue weighted by molar-refractivity contribution is -0.116. The molecule has 0 fully saturated rings. The van der Waals surface area contributed by atoms with E-state index >= 15 is 0 Å². The smallest absolute Gasteiger partial charge is 0.330 e. The minimum atomic E-state index is -0.665. The van der Waals surface area contributed by atoms with Crippen LogP contribution in [0.25, 0.3) is 5.69 Å². The van der Waals surface area contributed by atoms with Crippen LogP contribution in [0.3, 0.4) is 0 Å². The third-order valence-electron chi connectivity index (χ3n) is 4.84. The van der Waals surface area contributed by atoms with Crippen molar-refractivity contribution < 1.29 is 4.79 Å². The molecule has 0 atom stereocenters. The lowest BCUT2D eigenvalue weighted by Crippen LogP contribution is -2.42. The number of anilines is 2. The maximum atomic E-state index is 13.2. The van der Waals surface area contributed by atoms with Gasteiger partial charge in [0.05, 0.1) is 5.75 Å². The minimum absolute atomic E-state index is 0.00232. The second-order valence-corrected chi connectivity index (χ2v) is 8.09. The van der Waals surface area contributed by atoms with Gasteiger partial charge in [-0.25, -0.2) is 4.79 Å². The van der Waals surface area contributed by atoms with Crippen molar-refractivity contribution in [3.63, 3.8) is 0 Å².